The minimum Gasteiger partial charge on any atom is -0.342 e. The molecule has 2 aliphatic heterocycles. The van der Waals surface area contributed by atoms with Gasteiger partial charge in [0.05, 0.1) is 6.54 Å². The Bertz CT molecular complexity index is 489. The lowest BCUT2D eigenvalue weighted by molar-refractivity contribution is -0.136. The number of piperazine rings is 1. The van der Waals surface area contributed by atoms with Gasteiger partial charge in [0.2, 0.25) is 11.8 Å². The van der Waals surface area contributed by atoms with E-state index in [9.17, 15) is 9.59 Å². The molecule has 6 nitrogen and oxygen atoms in total. The Balaban J connectivity index is 0.00000210. The molecule has 0 radical (unpaired) electrons. The van der Waals surface area contributed by atoms with E-state index in [0.717, 1.165) is 58.5 Å². The molecule has 2 amide bonds. The average molecular weight is 451 g/mol. The number of rotatable bonds is 6. The predicted molar refractivity (Wildman–Crippen MR) is 122 cm³/mol. The molecule has 1 N–H and O–H groups in total. The number of piperidine rings is 1. The van der Waals surface area contributed by atoms with Crippen LogP contribution >= 0.6 is 24.8 Å². The molecular weight excluding hydrogens is 411 g/mol. The molecule has 1 aliphatic carbocycles. The van der Waals surface area contributed by atoms with Crippen LogP contribution in [0.4, 0.5) is 0 Å². The summed E-state index contributed by atoms with van der Waals surface area (Å²) in [5.41, 5.74) is 0. The maximum atomic E-state index is 12.6. The monoisotopic (exact) mass is 450 g/mol. The van der Waals surface area contributed by atoms with Gasteiger partial charge in [-0.2, -0.15) is 0 Å². The Morgan fingerprint density at radius 2 is 1.55 bits per heavy atom. The first-order valence-corrected chi connectivity index (χ1v) is 11.1. The number of likely N-dealkylation sites (N-methyl/N-ethyl adjacent to an activating group) is 1. The van der Waals surface area contributed by atoms with E-state index in [1.807, 2.05) is 16.8 Å². The average Bonchev–Trinajstić information content (AvgIpc) is 2.73. The van der Waals surface area contributed by atoms with Gasteiger partial charge in [0.1, 0.15) is 0 Å². The molecule has 170 valence electrons. The van der Waals surface area contributed by atoms with Gasteiger partial charge >= 0.3 is 0 Å². The summed E-state index contributed by atoms with van der Waals surface area (Å²) in [6, 6.07) is 0.434. The molecular formula is C21H40Cl2N4O2. The van der Waals surface area contributed by atoms with Gasteiger partial charge in [0.15, 0.2) is 0 Å². The lowest BCUT2D eigenvalue weighted by Crippen LogP contribution is -2.52. The number of nitrogens with zero attached hydrogens (tertiary/aromatic N) is 3. The van der Waals surface area contributed by atoms with Crippen LogP contribution in [-0.4, -0.2) is 85.4 Å². The number of amides is 2. The van der Waals surface area contributed by atoms with Crippen molar-refractivity contribution < 1.29 is 9.59 Å². The molecule has 2 heterocycles. The van der Waals surface area contributed by atoms with Crippen molar-refractivity contribution in [3.8, 4) is 0 Å². The van der Waals surface area contributed by atoms with Crippen molar-refractivity contribution in [2.24, 2.45) is 5.92 Å². The fraction of sp³-hybridized carbons (Fsp3) is 0.905. The standard InChI is InChI=1S/C21H38N4O2.2ClH/c1-23(19-5-3-2-4-6-19)21(27)17-24-13-15-25(16-14-24)20(26)8-7-18-9-11-22-12-10-18;;/h18-19,22H,2-17H2,1H3;2*1H. The lowest BCUT2D eigenvalue weighted by atomic mass is 9.93. The molecule has 8 heteroatoms. The molecule has 0 aromatic heterocycles. The third kappa shape index (κ3) is 8.23. The Labute approximate surface area is 188 Å². The maximum absolute atomic E-state index is 12.6. The van der Waals surface area contributed by atoms with Crippen LogP contribution in [0.15, 0.2) is 0 Å². The van der Waals surface area contributed by atoms with Crippen LogP contribution in [0.25, 0.3) is 0 Å². The van der Waals surface area contributed by atoms with E-state index in [4.69, 9.17) is 0 Å². The summed E-state index contributed by atoms with van der Waals surface area (Å²) < 4.78 is 0. The highest BCUT2D eigenvalue weighted by Gasteiger charge is 2.26. The summed E-state index contributed by atoms with van der Waals surface area (Å²) in [7, 11) is 1.97. The van der Waals surface area contributed by atoms with Crippen LogP contribution in [0, 0.1) is 5.92 Å². The van der Waals surface area contributed by atoms with E-state index in [1.165, 1.54) is 32.1 Å². The minimum atomic E-state index is 0. The van der Waals surface area contributed by atoms with E-state index < -0.39 is 0 Å². The Morgan fingerprint density at radius 3 is 2.17 bits per heavy atom. The second-order valence-electron chi connectivity index (χ2n) is 8.69. The molecule has 0 atom stereocenters. The molecule has 3 fully saturated rings. The largest absolute Gasteiger partial charge is 0.342 e. The van der Waals surface area contributed by atoms with E-state index in [2.05, 4.69) is 10.2 Å². The zero-order valence-electron chi connectivity index (χ0n) is 17.9. The first-order chi connectivity index (χ1) is 13.1. The second-order valence-corrected chi connectivity index (χ2v) is 8.69. The van der Waals surface area contributed by atoms with Crippen LogP contribution in [0.3, 0.4) is 0 Å². The quantitative estimate of drug-likeness (QED) is 0.675. The van der Waals surface area contributed by atoms with Gasteiger partial charge in [-0.05, 0) is 51.1 Å². The summed E-state index contributed by atoms with van der Waals surface area (Å²) in [5.74, 6) is 1.26. The van der Waals surface area contributed by atoms with Crippen molar-refractivity contribution in [3.05, 3.63) is 0 Å². The molecule has 0 aromatic carbocycles. The van der Waals surface area contributed by atoms with Crippen LogP contribution in [0.2, 0.25) is 0 Å². The smallest absolute Gasteiger partial charge is 0.236 e. The molecule has 1 saturated carbocycles. The first kappa shape index (κ1) is 26.5. The summed E-state index contributed by atoms with van der Waals surface area (Å²) >= 11 is 0. The summed E-state index contributed by atoms with van der Waals surface area (Å²) in [5, 5.41) is 3.38. The van der Waals surface area contributed by atoms with Crippen molar-refractivity contribution in [3.63, 3.8) is 0 Å². The predicted octanol–water partition coefficient (Wildman–Crippen LogP) is 2.55. The lowest BCUT2D eigenvalue weighted by Gasteiger charge is -2.37. The zero-order chi connectivity index (χ0) is 19.1. The zero-order valence-corrected chi connectivity index (χ0v) is 19.6. The van der Waals surface area contributed by atoms with Crippen molar-refractivity contribution >= 4 is 36.6 Å². The summed E-state index contributed by atoms with van der Waals surface area (Å²) in [6.07, 6.45) is 10.3. The van der Waals surface area contributed by atoms with Gasteiger partial charge in [-0.25, -0.2) is 0 Å². The molecule has 0 unspecified atom stereocenters. The van der Waals surface area contributed by atoms with Gasteiger partial charge in [-0.15, -0.1) is 24.8 Å². The highest BCUT2D eigenvalue weighted by atomic mass is 35.5. The van der Waals surface area contributed by atoms with Gasteiger partial charge in [-0.1, -0.05) is 19.3 Å². The number of carbonyl (C=O) groups is 2. The Morgan fingerprint density at radius 1 is 0.931 bits per heavy atom. The van der Waals surface area contributed by atoms with Crippen molar-refractivity contribution in [2.45, 2.75) is 63.8 Å². The van der Waals surface area contributed by atoms with Crippen LogP contribution in [0.1, 0.15) is 57.8 Å². The topological polar surface area (TPSA) is 55.9 Å². The number of nitrogens with one attached hydrogen (secondary N) is 1. The number of carbonyl (C=O) groups excluding carboxylic acids is 2. The van der Waals surface area contributed by atoms with E-state index in [0.29, 0.717) is 30.8 Å². The minimum absolute atomic E-state index is 0. The fourth-order valence-corrected chi connectivity index (χ4v) is 4.79. The summed E-state index contributed by atoms with van der Waals surface area (Å²) in [6.45, 7) is 5.88. The molecule has 3 rings (SSSR count). The van der Waals surface area contributed by atoms with Gasteiger partial charge in [0.25, 0.3) is 0 Å². The third-order valence-electron chi connectivity index (χ3n) is 6.82. The van der Waals surface area contributed by atoms with Crippen LogP contribution in [0.5, 0.6) is 0 Å². The van der Waals surface area contributed by atoms with Gasteiger partial charge in [-0.3, -0.25) is 14.5 Å². The number of hydrogen-bond donors (Lipinski definition) is 1. The highest BCUT2D eigenvalue weighted by Crippen LogP contribution is 2.22. The molecule has 2 saturated heterocycles. The number of hydrogen-bond acceptors (Lipinski definition) is 4. The summed E-state index contributed by atoms with van der Waals surface area (Å²) in [4.78, 5) is 31.3. The van der Waals surface area contributed by atoms with E-state index >= 15 is 0 Å². The van der Waals surface area contributed by atoms with E-state index in [-0.39, 0.29) is 30.7 Å². The Hall–Kier alpha value is -0.560. The second kappa shape index (κ2) is 13.7. The highest BCUT2D eigenvalue weighted by molar-refractivity contribution is 5.85. The van der Waals surface area contributed by atoms with E-state index in [1.54, 1.807) is 0 Å². The van der Waals surface area contributed by atoms with Crippen LogP contribution < -0.4 is 5.32 Å². The molecule has 3 aliphatic rings. The van der Waals surface area contributed by atoms with Crippen molar-refractivity contribution in [2.75, 3.05) is 52.9 Å². The molecule has 29 heavy (non-hydrogen) atoms. The van der Waals surface area contributed by atoms with Crippen LogP contribution in [-0.2, 0) is 9.59 Å². The fourth-order valence-electron chi connectivity index (χ4n) is 4.79. The SMILES string of the molecule is CN(C(=O)CN1CCN(C(=O)CCC2CCNCC2)CC1)C1CCCCC1.Cl.Cl. The van der Waals surface area contributed by atoms with Crippen molar-refractivity contribution in [1.82, 2.24) is 20.0 Å². The third-order valence-corrected chi connectivity index (χ3v) is 6.82. The molecule has 0 bridgehead atoms. The maximum Gasteiger partial charge on any atom is 0.236 e. The van der Waals surface area contributed by atoms with Gasteiger partial charge in [0, 0.05) is 45.7 Å². The Kier molecular flexibility index (Phi) is 12.5. The molecule has 0 spiro atoms. The molecule has 0 aromatic rings. The number of halogens is 2. The normalized spacial score (nSPS) is 21.8. The first-order valence-electron chi connectivity index (χ1n) is 11.1. The van der Waals surface area contributed by atoms with Gasteiger partial charge < -0.3 is 15.1 Å². The van der Waals surface area contributed by atoms with Crippen molar-refractivity contribution in [1.29, 1.82) is 0 Å².